The highest BCUT2D eigenvalue weighted by molar-refractivity contribution is 7.99. The Balaban J connectivity index is 1.75. The Hall–Kier alpha value is -2.58. The molecular weight excluding hydrogens is 400 g/mol. The van der Waals surface area contributed by atoms with E-state index >= 15 is 0 Å². The summed E-state index contributed by atoms with van der Waals surface area (Å²) in [6.07, 6.45) is 0. The molecule has 3 aromatic rings. The molecule has 0 fully saturated rings. The van der Waals surface area contributed by atoms with Crippen LogP contribution in [0, 0.1) is 16.0 Å². The molecule has 0 saturated carbocycles. The van der Waals surface area contributed by atoms with E-state index in [1.165, 1.54) is 30.0 Å². The fourth-order valence-electron chi connectivity index (χ4n) is 2.74. The summed E-state index contributed by atoms with van der Waals surface area (Å²) in [4.78, 5) is 27.4. The predicted octanol–water partition coefficient (Wildman–Crippen LogP) is 4.98. The van der Waals surface area contributed by atoms with Crippen LogP contribution in [-0.4, -0.2) is 26.1 Å². The molecule has 0 atom stereocenters. The summed E-state index contributed by atoms with van der Waals surface area (Å²) in [5.74, 6) is 0.227. The number of amides is 1. The number of nitro benzene ring substituents is 1. The summed E-state index contributed by atoms with van der Waals surface area (Å²) in [7, 11) is 0. The van der Waals surface area contributed by atoms with Gasteiger partial charge in [-0.2, -0.15) is 0 Å². The van der Waals surface area contributed by atoms with Crippen molar-refractivity contribution in [1.29, 1.82) is 0 Å². The molecule has 0 unspecified atom stereocenters. The van der Waals surface area contributed by atoms with E-state index in [1.54, 1.807) is 0 Å². The molecule has 7 nitrogen and oxygen atoms in total. The number of rotatable bonds is 7. The molecule has 1 N–H and O–H groups in total. The predicted molar refractivity (Wildman–Crippen MR) is 112 cm³/mol. The first-order chi connectivity index (χ1) is 13.3. The molecule has 0 saturated heterocycles. The molecule has 1 amide bonds. The third-order valence-electron chi connectivity index (χ3n) is 3.93. The molecule has 0 aliphatic heterocycles. The first-order valence-electron chi connectivity index (χ1n) is 8.67. The topological polar surface area (TPSA) is 90.1 Å². The summed E-state index contributed by atoms with van der Waals surface area (Å²) in [5, 5.41) is 14.5. The van der Waals surface area contributed by atoms with Crippen molar-refractivity contribution in [2.75, 3.05) is 11.1 Å². The number of carbonyl (C=O) groups excluding carboxylic acids is 1. The van der Waals surface area contributed by atoms with Crippen LogP contribution in [0.2, 0.25) is 5.02 Å². The molecule has 0 aliphatic carbocycles. The minimum absolute atomic E-state index is 0.112. The lowest BCUT2D eigenvalue weighted by molar-refractivity contribution is -0.384. The smallest absolute Gasteiger partial charge is 0.271 e. The van der Waals surface area contributed by atoms with Crippen LogP contribution in [-0.2, 0) is 11.3 Å². The lowest BCUT2D eigenvalue weighted by Gasteiger charge is -2.11. The lowest BCUT2D eigenvalue weighted by atomic mass is 10.2. The second-order valence-corrected chi connectivity index (χ2v) is 8.00. The molecule has 0 aliphatic rings. The zero-order valence-corrected chi connectivity index (χ0v) is 17.0. The van der Waals surface area contributed by atoms with Gasteiger partial charge in [0, 0.05) is 18.7 Å². The summed E-state index contributed by atoms with van der Waals surface area (Å²) >= 11 is 7.36. The van der Waals surface area contributed by atoms with E-state index in [9.17, 15) is 14.9 Å². The van der Waals surface area contributed by atoms with E-state index in [4.69, 9.17) is 11.6 Å². The largest absolute Gasteiger partial charge is 0.324 e. The average molecular weight is 419 g/mol. The van der Waals surface area contributed by atoms with Gasteiger partial charge in [-0.3, -0.25) is 14.9 Å². The van der Waals surface area contributed by atoms with Crippen LogP contribution in [0.3, 0.4) is 0 Å². The summed E-state index contributed by atoms with van der Waals surface area (Å²) in [6.45, 7) is 5.04. The molecule has 0 bridgehead atoms. The first-order valence-corrected chi connectivity index (χ1v) is 10.0. The Morgan fingerprint density at radius 3 is 2.79 bits per heavy atom. The second kappa shape index (κ2) is 8.62. The van der Waals surface area contributed by atoms with Crippen molar-refractivity contribution in [2.45, 2.75) is 25.5 Å². The molecule has 9 heteroatoms. The van der Waals surface area contributed by atoms with Crippen LogP contribution in [0.1, 0.15) is 13.8 Å². The number of hydrogen-bond acceptors (Lipinski definition) is 5. The summed E-state index contributed by atoms with van der Waals surface area (Å²) < 4.78 is 2.11. The molecule has 0 spiro atoms. The summed E-state index contributed by atoms with van der Waals surface area (Å²) in [6, 6.07) is 11.8. The Kier molecular flexibility index (Phi) is 6.21. The van der Waals surface area contributed by atoms with Crippen molar-refractivity contribution in [3.63, 3.8) is 0 Å². The van der Waals surface area contributed by atoms with Crippen LogP contribution in [0.4, 0.5) is 11.4 Å². The molecule has 2 aromatic carbocycles. The Morgan fingerprint density at radius 2 is 2.07 bits per heavy atom. The number of nitrogens with zero attached hydrogens (tertiary/aromatic N) is 3. The van der Waals surface area contributed by atoms with Crippen molar-refractivity contribution in [2.24, 2.45) is 5.92 Å². The number of carbonyl (C=O) groups is 1. The maximum Gasteiger partial charge on any atom is 0.271 e. The van der Waals surface area contributed by atoms with E-state index in [2.05, 4.69) is 28.7 Å². The van der Waals surface area contributed by atoms with Crippen molar-refractivity contribution < 1.29 is 9.72 Å². The zero-order chi connectivity index (χ0) is 20.3. The molecule has 146 valence electrons. The van der Waals surface area contributed by atoms with Crippen LogP contribution < -0.4 is 5.32 Å². The second-order valence-electron chi connectivity index (χ2n) is 6.65. The van der Waals surface area contributed by atoms with Gasteiger partial charge < -0.3 is 9.88 Å². The molecule has 3 rings (SSSR count). The van der Waals surface area contributed by atoms with Crippen LogP contribution in [0.5, 0.6) is 0 Å². The number of anilines is 1. The molecular formula is C19H19ClN4O3S. The number of hydrogen-bond donors (Lipinski definition) is 1. The van der Waals surface area contributed by atoms with Crippen LogP contribution in [0.25, 0.3) is 11.0 Å². The number of non-ortho nitro benzene ring substituents is 1. The molecule has 1 aromatic heterocycles. The monoisotopic (exact) mass is 418 g/mol. The number of fused-ring (bicyclic) bond motifs is 1. The molecule has 28 heavy (non-hydrogen) atoms. The van der Waals surface area contributed by atoms with Crippen molar-refractivity contribution >= 4 is 51.7 Å². The number of nitrogens with one attached hydrogen (secondary N) is 1. The van der Waals surface area contributed by atoms with Gasteiger partial charge in [0.1, 0.15) is 0 Å². The van der Waals surface area contributed by atoms with Crippen LogP contribution in [0.15, 0.2) is 47.6 Å². The zero-order valence-electron chi connectivity index (χ0n) is 15.4. The fourth-order valence-corrected chi connectivity index (χ4v) is 3.73. The normalized spacial score (nSPS) is 11.1. The highest BCUT2D eigenvalue weighted by Gasteiger charge is 2.16. The van der Waals surface area contributed by atoms with Crippen LogP contribution >= 0.6 is 23.4 Å². The first kappa shape index (κ1) is 20.2. The van der Waals surface area contributed by atoms with Gasteiger partial charge >= 0.3 is 0 Å². The van der Waals surface area contributed by atoms with E-state index in [-0.39, 0.29) is 28.1 Å². The number of imidazole rings is 1. The van der Waals surface area contributed by atoms with E-state index in [1.807, 2.05) is 24.3 Å². The SMILES string of the molecule is CC(C)Cn1c(SCC(=O)Nc2cc([N+](=O)[O-])ccc2Cl)nc2ccccc21. The minimum Gasteiger partial charge on any atom is -0.324 e. The number of nitro groups is 1. The molecule has 1 heterocycles. The van der Waals surface area contributed by atoms with Gasteiger partial charge in [-0.25, -0.2) is 4.98 Å². The van der Waals surface area contributed by atoms with Gasteiger partial charge in [-0.05, 0) is 24.1 Å². The van der Waals surface area contributed by atoms with Gasteiger partial charge in [0.15, 0.2) is 5.16 Å². The van der Waals surface area contributed by atoms with Crippen molar-refractivity contribution in [3.8, 4) is 0 Å². The van der Waals surface area contributed by atoms with Gasteiger partial charge in [0.05, 0.1) is 32.4 Å². The van der Waals surface area contributed by atoms with Gasteiger partial charge in [-0.15, -0.1) is 0 Å². The van der Waals surface area contributed by atoms with Gasteiger partial charge in [0.25, 0.3) is 5.69 Å². The third kappa shape index (κ3) is 4.63. The number of thioether (sulfide) groups is 1. The van der Waals surface area contributed by atoms with Crippen molar-refractivity contribution in [1.82, 2.24) is 9.55 Å². The standard InChI is InChI=1S/C19H19ClN4O3S/c1-12(2)10-23-17-6-4-3-5-15(17)22-19(23)28-11-18(25)21-16-9-13(24(26)27)7-8-14(16)20/h3-9,12H,10-11H2,1-2H3,(H,21,25). The van der Waals surface area contributed by atoms with Crippen molar-refractivity contribution in [3.05, 3.63) is 57.6 Å². The number of para-hydroxylation sites is 2. The van der Waals surface area contributed by atoms with Gasteiger partial charge in [0.2, 0.25) is 5.91 Å². The minimum atomic E-state index is -0.533. The Bertz CT molecular complexity index is 1040. The maximum atomic E-state index is 12.4. The lowest BCUT2D eigenvalue weighted by Crippen LogP contribution is -2.15. The quantitative estimate of drug-likeness (QED) is 0.332. The Morgan fingerprint density at radius 1 is 1.32 bits per heavy atom. The van der Waals surface area contributed by atoms with Gasteiger partial charge in [-0.1, -0.05) is 49.3 Å². The fraction of sp³-hybridized carbons (Fsp3) is 0.263. The Labute approximate surface area is 171 Å². The summed E-state index contributed by atoms with van der Waals surface area (Å²) in [5.41, 5.74) is 2.00. The third-order valence-corrected chi connectivity index (χ3v) is 5.24. The number of benzene rings is 2. The highest BCUT2D eigenvalue weighted by Crippen LogP contribution is 2.28. The molecule has 0 radical (unpaired) electrons. The maximum absolute atomic E-state index is 12.4. The average Bonchev–Trinajstić information content (AvgIpc) is 2.99. The highest BCUT2D eigenvalue weighted by atomic mass is 35.5. The number of halogens is 1. The van der Waals surface area contributed by atoms with E-state index < -0.39 is 4.92 Å². The number of aromatic nitrogens is 2. The van der Waals surface area contributed by atoms with E-state index in [0.717, 1.165) is 22.7 Å². The van der Waals surface area contributed by atoms with E-state index in [0.29, 0.717) is 5.92 Å².